The van der Waals surface area contributed by atoms with Gasteiger partial charge >= 0.3 is 6.09 Å². The summed E-state index contributed by atoms with van der Waals surface area (Å²) in [6.07, 6.45) is 0.234. The second-order valence-electron chi connectivity index (χ2n) is 5.52. The van der Waals surface area contributed by atoms with E-state index in [1.807, 2.05) is 6.92 Å². The smallest absolute Gasteiger partial charge is 0.407 e. The maximum atomic E-state index is 12.3. The fraction of sp³-hybridized carbons (Fsp3) is 0.846. The van der Waals surface area contributed by atoms with E-state index in [9.17, 15) is 9.59 Å². The minimum absolute atomic E-state index is 0.172. The summed E-state index contributed by atoms with van der Waals surface area (Å²) in [5.74, 6) is -1.45. The number of likely N-dealkylation sites (tertiary alicyclic amines) is 1. The minimum Gasteiger partial charge on any atom is -0.465 e. The molecule has 7 nitrogen and oxygen atoms in total. The summed E-state index contributed by atoms with van der Waals surface area (Å²) in [7, 11) is 1.46. The Morgan fingerprint density at radius 2 is 2.05 bits per heavy atom. The standard InChI is InChI=1S/C13H22N2O5/c1-4-14-9-13(20-12(2,19-3)10(14)16)5-7-15(8-6-13)11(17)18/h4-9H2,1-3H3,(H,17,18). The number of likely N-dealkylation sites (N-methyl/N-ethyl adjacent to an activating group) is 1. The van der Waals surface area contributed by atoms with Crippen LogP contribution in [0.1, 0.15) is 26.7 Å². The Labute approximate surface area is 118 Å². The number of amides is 2. The third-order valence-electron chi connectivity index (χ3n) is 4.28. The van der Waals surface area contributed by atoms with Crippen molar-refractivity contribution in [1.29, 1.82) is 0 Å². The summed E-state index contributed by atoms with van der Waals surface area (Å²) in [6, 6.07) is 0. The summed E-state index contributed by atoms with van der Waals surface area (Å²) in [5.41, 5.74) is -0.513. The van der Waals surface area contributed by atoms with Crippen molar-refractivity contribution in [3.8, 4) is 0 Å². The largest absolute Gasteiger partial charge is 0.465 e. The third kappa shape index (κ3) is 2.47. The lowest BCUT2D eigenvalue weighted by Crippen LogP contribution is -2.66. The van der Waals surface area contributed by atoms with Crippen molar-refractivity contribution in [3.63, 3.8) is 0 Å². The topological polar surface area (TPSA) is 79.3 Å². The Morgan fingerprint density at radius 1 is 1.45 bits per heavy atom. The molecule has 2 aliphatic heterocycles. The first-order valence-electron chi connectivity index (χ1n) is 6.88. The summed E-state index contributed by atoms with van der Waals surface area (Å²) in [5, 5.41) is 9.01. The SMILES string of the molecule is CCN1CC2(CCN(C(=O)O)CC2)OC(C)(OC)C1=O. The van der Waals surface area contributed by atoms with Crippen LogP contribution in [-0.2, 0) is 14.3 Å². The first-order chi connectivity index (χ1) is 9.36. The van der Waals surface area contributed by atoms with E-state index in [2.05, 4.69) is 0 Å². The van der Waals surface area contributed by atoms with Gasteiger partial charge in [0.15, 0.2) is 0 Å². The maximum absolute atomic E-state index is 12.3. The number of morpholine rings is 1. The first-order valence-corrected chi connectivity index (χ1v) is 6.88. The lowest BCUT2D eigenvalue weighted by atomic mass is 9.88. The highest BCUT2D eigenvalue weighted by Crippen LogP contribution is 2.37. The maximum Gasteiger partial charge on any atom is 0.407 e. The number of nitrogens with zero attached hydrogens (tertiary/aromatic N) is 2. The fourth-order valence-electron chi connectivity index (χ4n) is 2.95. The van der Waals surface area contributed by atoms with Gasteiger partial charge in [-0.15, -0.1) is 0 Å². The molecule has 114 valence electrons. The number of carbonyl (C=O) groups excluding carboxylic acids is 1. The Bertz CT molecular complexity index is 406. The average Bonchev–Trinajstić information content (AvgIpc) is 2.43. The Balaban J connectivity index is 2.17. The van der Waals surface area contributed by atoms with Crippen LogP contribution < -0.4 is 0 Å². The second kappa shape index (κ2) is 5.21. The van der Waals surface area contributed by atoms with Crippen LogP contribution in [0.5, 0.6) is 0 Å². The molecule has 2 amide bonds. The first kappa shape index (κ1) is 15.1. The predicted molar refractivity (Wildman–Crippen MR) is 70.3 cm³/mol. The van der Waals surface area contributed by atoms with Crippen LogP contribution in [0.2, 0.25) is 0 Å². The van der Waals surface area contributed by atoms with Crippen LogP contribution in [-0.4, -0.2) is 71.6 Å². The highest BCUT2D eigenvalue weighted by atomic mass is 16.7. The monoisotopic (exact) mass is 286 g/mol. The van der Waals surface area contributed by atoms with Gasteiger partial charge < -0.3 is 24.4 Å². The van der Waals surface area contributed by atoms with Crippen LogP contribution in [0.15, 0.2) is 0 Å². The summed E-state index contributed by atoms with van der Waals surface area (Å²) >= 11 is 0. The quantitative estimate of drug-likeness (QED) is 0.810. The van der Waals surface area contributed by atoms with Crippen molar-refractivity contribution in [2.45, 2.75) is 38.1 Å². The lowest BCUT2D eigenvalue weighted by Gasteiger charge is -2.51. The summed E-state index contributed by atoms with van der Waals surface area (Å²) in [4.78, 5) is 26.4. The fourth-order valence-corrected chi connectivity index (χ4v) is 2.95. The lowest BCUT2D eigenvalue weighted by molar-refractivity contribution is -0.293. The van der Waals surface area contributed by atoms with E-state index < -0.39 is 17.5 Å². The zero-order valence-electron chi connectivity index (χ0n) is 12.2. The number of ether oxygens (including phenoxy) is 2. The molecule has 20 heavy (non-hydrogen) atoms. The van der Waals surface area contributed by atoms with Gasteiger partial charge in [0.2, 0.25) is 5.79 Å². The molecular weight excluding hydrogens is 264 g/mol. The Morgan fingerprint density at radius 3 is 2.50 bits per heavy atom. The van der Waals surface area contributed by atoms with Crippen molar-refractivity contribution in [3.05, 3.63) is 0 Å². The molecule has 0 aromatic heterocycles. The van der Waals surface area contributed by atoms with Crippen molar-refractivity contribution in [1.82, 2.24) is 9.80 Å². The number of hydrogen-bond acceptors (Lipinski definition) is 4. The molecule has 0 radical (unpaired) electrons. The molecule has 1 atom stereocenters. The number of carbonyl (C=O) groups is 2. The third-order valence-corrected chi connectivity index (χ3v) is 4.28. The predicted octanol–water partition coefficient (Wildman–Crippen LogP) is 0.740. The number of methoxy groups -OCH3 is 1. The van der Waals surface area contributed by atoms with Gasteiger partial charge in [-0.2, -0.15) is 0 Å². The highest BCUT2D eigenvalue weighted by Gasteiger charge is 2.53. The molecule has 1 spiro atoms. The Hall–Kier alpha value is -1.34. The zero-order valence-corrected chi connectivity index (χ0v) is 12.2. The van der Waals surface area contributed by atoms with Gasteiger partial charge in [-0.3, -0.25) is 4.79 Å². The van der Waals surface area contributed by atoms with Gasteiger partial charge in [0, 0.05) is 26.7 Å². The number of carboxylic acid groups (broad SMARTS) is 1. The molecule has 2 heterocycles. The van der Waals surface area contributed by atoms with Gasteiger partial charge in [-0.05, 0) is 26.7 Å². The zero-order chi connectivity index (χ0) is 15.0. The second-order valence-corrected chi connectivity index (χ2v) is 5.52. The molecule has 0 aliphatic carbocycles. The molecule has 0 bridgehead atoms. The number of hydrogen-bond donors (Lipinski definition) is 1. The van der Waals surface area contributed by atoms with E-state index in [0.29, 0.717) is 39.0 Å². The Kier molecular flexibility index (Phi) is 3.93. The average molecular weight is 286 g/mol. The van der Waals surface area contributed by atoms with Crippen molar-refractivity contribution in [2.24, 2.45) is 0 Å². The normalized spacial score (nSPS) is 29.9. The van der Waals surface area contributed by atoms with E-state index in [1.54, 1.807) is 11.8 Å². The van der Waals surface area contributed by atoms with Crippen molar-refractivity contribution < 1.29 is 24.2 Å². The molecule has 2 fully saturated rings. The molecule has 0 saturated carbocycles. The van der Waals surface area contributed by atoms with E-state index >= 15 is 0 Å². The van der Waals surface area contributed by atoms with E-state index in [4.69, 9.17) is 14.6 Å². The van der Waals surface area contributed by atoms with Crippen molar-refractivity contribution in [2.75, 3.05) is 33.3 Å². The van der Waals surface area contributed by atoms with Crippen LogP contribution in [0.4, 0.5) is 4.79 Å². The number of rotatable bonds is 2. The molecule has 1 unspecified atom stereocenters. The molecule has 2 aliphatic rings. The molecule has 1 N–H and O–H groups in total. The highest BCUT2D eigenvalue weighted by molar-refractivity contribution is 5.84. The molecular formula is C13H22N2O5. The summed E-state index contributed by atoms with van der Waals surface area (Å²) in [6.45, 7) is 5.46. The van der Waals surface area contributed by atoms with Crippen LogP contribution in [0, 0.1) is 0 Å². The summed E-state index contributed by atoms with van der Waals surface area (Å²) < 4.78 is 11.3. The van der Waals surface area contributed by atoms with E-state index in [-0.39, 0.29) is 5.91 Å². The van der Waals surface area contributed by atoms with Gasteiger partial charge in [0.1, 0.15) is 0 Å². The van der Waals surface area contributed by atoms with Crippen LogP contribution in [0.3, 0.4) is 0 Å². The van der Waals surface area contributed by atoms with Crippen LogP contribution in [0.25, 0.3) is 0 Å². The minimum atomic E-state index is -1.28. The molecule has 7 heteroatoms. The molecule has 0 aromatic rings. The van der Waals surface area contributed by atoms with Crippen LogP contribution >= 0.6 is 0 Å². The molecule has 2 rings (SSSR count). The van der Waals surface area contributed by atoms with E-state index in [1.165, 1.54) is 12.0 Å². The van der Waals surface area contributed by atoms with Gasteiger partial charge in [0.05, 0.1) is 12.1 Å². The van der Waals surface area contributed by atoms with Gasteiger partial charge in [-0.25, -0.2) is 4.79 Å². The van der Waals surface area contributed by atoms with E-state index in [0.717, 1.165) is 0 Å². The number of piperidine rings is 1. The molecule has 2 saturated heterocycles. The molecule has 0 aromatic carbocycles. The van der Waals surface area contributed by atoms with Gasteiger partial charge in [-0.1, -0.05) is 0 Å². The van der Waals surface area contributed by atoms with Crippen molar-refractivity contribution >= 4 is 12.0 Å². The van der Waals surface area contributed by atoms with Gasteiger partial charge in [0.25, 0.3) is 5.91 Å².